The van der Waals surface area contributed by atoms with Crippen LogP contribution < -0.4 is 9.62 Å². The summed E-state index contributed by atoms with van der Waals surface area (Å²) in [6, 6.07) is 15.5. The minimum atomic E-state index is -3.91. The van der Waals surface area contributed by atoms with Gasteiger partial charge < -0.3 is 14.5 Å². The SMILES string of the molecule is CCN(c1ccccc1)S(=O)(=O)c1ccc(Cl)c(NC(=O)COC(=O)c2ccco2)c1. The number of furan rings is 1. The highest BCUT2D eigenvalue weighted by molar-refractivity contribution is 7.92. The van der Waals surface area contributed by atoms with Crippen LogP contribution >= 0.6 is 11.6 Å². The number of carbonyl (C=O) groups excluding carboxylic acids is 2. The molecule has 0 aliphatic heterocycles. The van der Waals surface area contributed by atoms with E-state index < -0.39 is 28.5 Å². The largest absolute Gasteiger partial charge is 0.457 e. The third-order valence-corrected chi connectivity index (χ3v) is 6.42. The summed E-state index contributed by atoms with van der Waals surface area (Å²) in [5, 5.41) is 2.59. The monoisotopic (exact) mass is 462 g/mol. The normalized spacial score (nSPS) is 11.0. The Labute approximate surface area is 184 Å². The van der Waals surface area contributed by atoms with Gasteiger partial charge in [-0.1, -0.05) is 29.8 Å². The first kappa shape index (κ1) is 22.4. The highest BCUT2D eigenvalue weighted by Gasteiger charge is 2.25. The molecule has 3 aromatic rings. The molecule has 0 aliphatic rings. The molecular weight excluding hydrogens is 444 g/mol. The maximum absolute atomic E-state index is 13.1. The van der Waals surface area contributed by atoms with Crippen LogP contribution in [0.25, 0.3) is 0 Å². The molecule has 3 rings (SSSR count). The number of benzene rings is 2. The second-order valence-corrected chi connectivity index (χ2v) is 8.52. The summed E-state index contributed by atoms with van der Waals surface area (Å²) in [5.41, 5.74) is 0.585. The van der Waals surface area contributed by atoms with Crippen LogP contribution in [0.3, 0.4) is 0 Å². The molecule has 1 aromatic heterocycles. The second kappa shape index (κ2) is 9.67. The number of carbonyl (C=O) groups is 2. The molecule has 0 saturated heterocycles. The Kier molecular flexibility index (Phi) is 6.98. The molecule has 0 atom stereocenters. The van der Waals surface area contributed by atoms with Crippen molar-refractivity contribution in [2.75, 3.05) is 22.8 Å². The average molecular weight is 463 g/mol. The van der Waals surface area contributed by atoms with Crippen molar-refractivity contribution < 1.29 is 27.2 Å². The first-order valence-corrected chi connectivity index (χ1v) is 11.0. The lowest BCUT2D eigenvalue weighted by molar-refractivity contribution is -0.119. The lowest BCUT2D eigenvalue weighted by atomic mass is 10.3. The standard InChI is InChI=1S/C21H19ClN2O6S/c1-2-24(15-7-4-3-5-8-15)31(27,28)16-10-11-17(22)18(13-16)23-20(25)14-30-21(26)19-9-6-12-29-19/h3-13H,2,14H2,1H3,(H,23,25). The molecule has 162 valence electrons. The van der Waals surface area contributed by atoms with Gasteiger partial charge in [-0.05, 0) is 49.4 Å². The molecule has 0 unspecified atom stereocenters. The minimum Gasteiger partial charge on any atom is -0.457 e. The molecule has 1 amide bonds. The summed E-state index contributed by atoms with van der Waals surface area (Å²) in [4.78, 5) is 23.9. The fourth-order valence-corrected chi connectivity index (χ4v) is 4.42. The number of hydrogen-bond donors (Lipinski definition) is 1. The Morgan fingerprint density at radius 1 is 1.10 bits per heavy atom. The number of amides is 1. The quantitative estimate of drug-likeness (QED) is 0.508. The van der Waals surface area contributed by atoms with Crippen molar-refractivity contribution in [1.82, 2.24) is 0 Å². The molecule has 0 saturated carbocycles. The van der Waals surface area contributed by atoms with Crippen LogP contribution in [0.4, 0.5) is 11.4 Å². The summed E-state index contributed by atoms with van der Waals surface area (Å²) in [5.74, 6) is -1.53. The lowest BCUT2D eigenvalue weighted by Crippen LogP contribution is -2.30. The average Bonchev–Trinajstić information content (AvgIpc) is 3.29. The third-order valence-electron chi connectivity index (χ3n) is 4.19. The van der Waals surface area contributed by atoms with E-state index >= 15 is 0 Å². The van der Waals surface area contributed by atoms with Crippen molar-refractivity contribution in [3.8, 4) is 0 Å². The molecule has 10 heteroatoms. The number of rotatable bonds is 8. The number of sulfonamides is 1. The van der Waals surface area contributed by atoms with E-state index in [0.717, 1.165) is 0 Å². The van der Waals surface area contributed by atoms with Crippen LogP contribution in [0.15, 0.2) is 76.2 Å². The predicted molar refractivity (Wildman–Crippen MR) is 116 cm³/mol. The Hall–Kier alpha value is -3.30. The zero-order valence-electron chi connectivity index (χ0n) is 16.4. The van der Waals surface area contributed by atoms with Crippen LogP contribution in [0, 0.1) is 0 Å². The van der Waals surface area contributed by atoms with Gasteiger partial charge in [0, 0.05) is 6.54 Å². The predicted octanol–water partition coefficient (Wildman–Crippen LogP) is 3.94. The zero-order valence-corrected chi connectivity index (χ0v) is 18.0. The van der Waals surface area contributed by atoms with Crippen molar-refractivity contribution >= 4 is 44.9 Å². The molecule has 8 nitrogen and oxygen atoms in total. The molecule has 2 aromatic carbocycles. The minimum absolute atomic E-state index is 0.0421. The van der Waals surface area contributed by atoms with Gasteiger partial charge in [0.1, 0.15) is 0 Å². The molecule has 0 aliphatic carbocycles. The van der Waals surface area contributed by atoms with Crippen LogP contribution in [0.2, 0.25) is 5.02 Å². The summed E-state index contributed by atoms with van der Waals surface area (Å²) < 4.78 is 37.3. The first-order valence-electron chi connectivity index (χ1n) is 9.20. The van der Waals surface area contributed by atoms with Crippen molar-refractivity contribution in [3.05, 3.63) is 77.7 Å². The summed E-state index contributed by atoms with van der Waals surface area (Å²) in [7, 11) is -3.91. The fraction of sp³-hybridized carbons (Fsp3) is 0.143. The Morgan fingerprint density at radius 3 is 2.48 bits per heavy atom. The number of anilines is 2. The highest BCUT2D eigenvalue weighted by Crippen LogP contribution is 2.29. The van der Waals surface area contributed by atoms with Gasteiger partial charge in [0.2, 0.25) is 5.76 Å². The topological polar surface area (TPSA) is 106 Å². The van der Waals surface area contributed by atoms with E-state index in [9.17, 15) is 18.0 Å². The number of ether oxygens (including phenoxy) is 1. The van der Waals surface area contributed by atoms with Crippen LogP contribution in [-0.2, 0) is 19.6 Å². The molecular formula is C21H19ClN2O6S. The van der Waals surface area contributed by atoms with E-state index in [1.54, 1.807) is 37.3 Å². The summed E-state index contributed by atoms with van der Waals surface area (Å²) in [6.45, 7) is 1.33. The van der Waals surface area contributed by atoms with Crippen LogP contribution in [0.5, 0.6) is 0 Å². The number of nitrogens with one attached hydrogen (secondary N) is 1. The maximum atomic E-state index is 13.1. The number of halogens is 1. The Balaban J connectivity index is 1.76. The third kappa shape index (κ3) is 5.25. The lowest BCUT2D eigenvalue weighted by Gasteiger charge is -2.23. The molecule has 0 radical (unpaired) electrons. The van der Waals surface area contributed by atoms with Gasteiger partial charge in [-0.2, -0.15) is 0 Å². The Bertz CT molecular complexity index is 1160. The van der Waals surface area contributed by atoms with Crippen LogP contribution in [0.1, 0.15) is 17.5 Å². The fourth-order valence-electron chi connectivity index (χ4n) is 2.76. The molecule has 31 heavy (non-hydrogen) atoms. The van der Waals surface area contributed by atoms with E-state index in [0.29, 0.717) is 5.69 Å². The van der Waals surface area contributed by atoms with Crippen molar-refractivity contribution in [3.63, 3.8) is 0 Å². The highest BCUT2D eigenvalue weighted by atomic mass is 35.5. The number of nitrogens with zero attached hydrogens (tertiary/aromatic N) is 1. The zero-order chi connectivity index (χ0) is 22.4. The number of para-hydroxylation sites is 1. The molecule has 0 spiro atoms. The Morgan fingerprint density at radius 2 is 1.84 bits per heavy atom. The molecule has 0 fully saturated rings. The van der Waals surface area contributed by atoms with E-state index in [2.05, 4.69) is 5.32 Å². The van der Waals surface area contributed by atoms with Gasteiger partial charge in [-0.25, -0.2) is 13.2 Å². The van der Waals surface area contributed by atoms with E-state index in [1.165, 1.54) is 40.9 Å². The number of hydrogen-bond acceptors (Lipinski definition) is 6. The molecule has 1 N–H and O–H groups in total. The van der Waals surface area contributed by atoms with E-state index in [-0.39, 0.29) is 27.9 Å². The van der Waals surface area contributed by atoms with Crippen molar-refractivity contribution in [1.29, 1.82) is 0 Å². The van der Waals surface area contributed by atoms with Gasteiger partial charge >= 0.3 is 5.97 Å². The van der Waals surface area contributed by atoms with Crippen molar-refractivity contribution in [2.24, 2.45) is 0 Å². The first-order chi connectivity index (χ1) is 14.8. The van der Waals surface area contributed by atoms with Crippen LogP contribution in [-0.4, -0.2) is 33.4 Å². The summed E-state index contributed by atoms with van der Waals surface area (Å²) in [6.07, 6.45) is 1.30. The second-order valence-electron chi connectivity index (χ2n) is 6.25. The van der Waals surface area contributed by atoms with E-state index in [1.807, 2.05) is 0 Å². The van der Waals surface area contributed by atoms with Gasteiger partial charge in [-0.3, -0.25) is 9.10 Å². The van der Waals surface area contributed by atoms with E-state index in [4.69, 9.17) is 20.8 Å². The van der Waals surface area contributed by atoms with Gasteiger partial charge in [-0.15, -0.1) is 0 Å². The van der Waals surface area contributed by atoms with Gasteiger partial charge in [0.05, 0.1) is 27.6 Å². The molecule has 1 heterocycles. The summed E-state index contributed by atoms with van der Waals surface area (Å²) >= 11 is 6.12. The van der Waals surface area contributed by atoms with Gasteiger partial charge in [0.15, 0.2) is 6.61 Å². The molecule has 0 bridgehead atoms. The van der Waals surface area contributed by atoms with Crippen molar-refractivity contribution in [2.45, 2.75) is 11.8 Å². The number of esters is 1. The maximum Gasteiger partial charge on any atom is 0.374 e. The smallest absolute Gasteiger partial charge is 0.374 e. The van der Waals surface area contributed by atoms with Gasteiger partial charge in [0.25, 0.3) is 15.9 Å².